The third kappa shape index (κ3) is 3.45. The van der Waals surface area contributed by atoms with Gasteiger partial charge in [-0.3, -0.25) is 10.1 Å². The largest absolute Gasteiger partial charge is 0.493 e. The average molecular weight is 339 g/mol. The molecule has 128 valence electrons. The van der Waals surface area contributed by atoms with Gasteiger partial charge in [0.2, 0.25) is 5.89 Å². The lowest BCUT2D eigenvalue weighted by molar-refractivity contribution is 0.102. The van der Waals surface area contributed by atoms with E-state index in [2.05, 4.69) is 15.5 Å². The smallest absolute Gasteiger partial charge is 0.322 e. The summed E-state index contributed by atoms with van der Waals surface area (Å²) in [5, 5.41) is 10.4. The summed E-state index contributed by atoms with van der Waals surface area (Å²) >= 11 is 0. The Bertz CT molecular complexity index is 905. The van der Waals surface area contributed by atoms with Gasteiger partial charge in [-0.1, -0.05) is 23.3 Å². The summed E-state index contributed by atoms with van der Waals surface area (Å²) in [5.41, 5.74) is 2.06. The zero-order chi connectivity index (χ0) is 17.8. The molecule has 0 fully saturated rings. The number of anilines is 1. The van der Waals surface area contributed by atoms with E-state index < -0.39 is 0 Å². The van der Waals surface area contributed by atoms with E-state index in [1.54, 1.807) is 44.6 Å². The van der Waals surface area contributed by atoms with Crippen molar-refractivity contribution in [1.29, 1.82) is 0 Å². The van der Waals surface area contributed by atoms with Crippen molar-refractivity contribution in [2.45, 2.75) is 6.92 Å². The number of aromatic nitrogens is 2. The molecule has 7 heteroatoms. The van der Waals surface area contributed by atoms with Gasteiger partial charge in [-0.15, -0.1) is 5.10 Å². The second-order valence-electron chi connectivity index (χ2n) is 5.25. The van der Waals surface area contributed by atoms with Crippen molar-refractivity contribution in [2.24, 2.45) is 0 Å². The number of nitrogens with one attached hydrogen (secondary N) is 1. The highest BCUT2D eigenvalue weighted by Gasteiger charge is 2.15. The van der Waals surface area contributed by atoms with Crippen LogP contribution in [0, 0.1) is 6.92 Å². The fourth-order valence-corrected chi connectivity index (χ4v) is 2.35. The third-order valence-corrected chi connectivity index (χ3v) is 3.67. The Labute approximate surface area is 144 Å². The molecule has 2 aromatic carbocycles. The van der Waals surface area contributed by atoms with Crippen molar-refractivity contribution in [3.05, 3.63) is 53.6 Å². The lowest BCUT2D eigenvalue weighted by Crippen LogP contribution is -2.13. The van der Waals surface area contributed by atoms with E-state index in [0.717, 1.165) is 5.56 Å². The number of benzene rings is 2. The number of rotatable bonds is 5. The Morgan fingerprint density at radius 1 is 1.04 bits per heavy atom. The first-order valence-corrected chi connectivity index (χ1v) is 7.55. The molecule has 0 spiro atoms. The fraction of sp³-hybridized carbons (Fsp3) is 0.167. The van der Waals surface area contributed by atoms with Crippen molar-refractivity contribution in [1.82, 2.24) is 10.2 Å². The van der Waals surface area contributed by atoms with Crippen LogP contribution in [0.5, 0.6) is 11.5 Å². The Kier molecular flexibility index (Phi) is 4.65. The molecular weight excluding hydrogens is 322 g/mol. The van der Waals surface area contributed by atoms with Crippen molar-refractivity contribution >= 4 is 11.9 Å². The molecule has 1 aromatic heterocycles. The van der Waals surface area contributed by atoms with Crippen LogP contribution in [0.25, 0.3) is 11.5 Å². The van der Waals surface area contributed by atoms with Gasteiger partial charge in [-0.2, -0.15) is 0 Å². The van der Waals surface area contributed by atoms with E-state index in [1.807, 2.05) is 19.1 Å². The van der Waals surface area contributed by atoms with Crippen molar-refractivity contribution in [3.8, 4) is 23.0 Å². The minimum atomic E-state index is -0.305. The Morgan fingerprint density at radius 3 is 2.52 bits per heavy atom. The average Bonchev–Trinajstić information content (AvgIpc) is 3.09. The molecule has 25 heavy (non-hydrogen) atoms. The van der Waals surface area contributed by atoms with E-state index in [9.17, 15) is 4.79 Å². The summed E-state index contributed by atoms with van der Waals surface area (Å²) in [4.78, 5) is 12.3. The maximum absolute atomic E-state index is 12.3. The summed E-state index contributed by atoms with van der Waals surface area (Å²) < 4.78 is 16.0. The number of amides is 1. The van der Waals surface area contributed by atoms with Crippen molar-refractivity contribution in [2.75, 3.05) is 19.5 Å². The number of aryl methyl sites for hydroxylation is 1. The van der Waals surface area contributed by atoms with Gasteiger partial charge in [0.1, 0.15) is 0 Å². The zero-order valence-electron chi connectivity index (χ0n) is 14.1. The SMILES string of the molecule is COc1ccc(-c2nnc(NC(=O)c3ccccc3C)o2)cc1OC. The molecule has 0 aliphatic rings. The van der Waals surface area contributed by atoms with Gasteiger partial charge in [0, 0.05) is 11.1 Å². The minimum Gasteiger partial charge on any atom is -0.493 e. The number of carbonyl (C=O) groups is 1. The number of carbonyl (C=O) groups excluding carboxylic acids is 1. The van der Waals surface area contributed by atoms with E-state index >= 15 is 0 Å². The molecule has 0 bridgehead atoms. The topological polar surface area (TPSA) is 86.5 Å². The van der Waals surface area contributed by atoms with Crippen LogP contribution in [0.4, 0.5) is 6.01 Å². The molecule has 7 nitrogen and oxygen atoms in total. The lowest BCUT2D eigenvalue weighted by Gasteiger charge is -2.07. The molecule has 0 aliphatic heterocycles. The summed E-state index contributed by atoms with van der Waals surface area (Å²) in [6, 6.07) is 12.5. The monoisotopic (exact) mass is 339 g/mol. The van der Waals surface area contributed by atoms with Crippen LogP contribution in [0.1, 0.15) is 15.9 Å². The highest BCUT2D eigenvalue weighted by atomic mass is 16.5. The van der Waals surface area contributed by atoms with E-state index in [4.69, 9.17) is 13.9 Å². The summed E-state index contributed by atoms with van der Waals surface area (Å²) in [6.45, 7) is 1.86. The quantitative estimate of drug-likeness (QED) is 0.767. The molecule has 0 atom stereocenters. The number of ether oxygens (including phenoxy) is 2. The van der Waals surface area contributed by atoms with Crippen molar-refractivity contribution < 1.29 is 18.7 Å². The number of methoxy groups -OCH3 is 2. The highest BCUT2D eigenvalue weighted by molar-refractivity contribution is 6.04. The molecule has 3 rings (SSSR count). The summed E-state index contributed by atoms with van der Waals surface area (Å²) in [6.07, 6.45) is 0. The lowest BCUT2D eigenvalue weighted by atomic mass is 10.1. The molecule has 0 radical (unpaired) electrons. The first kappa shape index (κ1) is 16.5. The first-order valence-electron chi connectivity index (χ1n) is 7.55. The highest BCUT2D eigenvalue weighted by Crippen LogP contribution is 2.32. The maximum Gasteiger partial charge on any atom is 0.322 e. The Balaban J connectivity index is 1.81. The molecule has 3 aromatic rings. The molecule has 0 saturated heterocycles. The van der Waals surface area contributed by atoms with Gasteiger partial charge in [-0.25, -0.2) is 0 Å². The zero-order valence-corrected chi connectivity index (χ0v) is 14.1. The van der Waals surface area contributed by atoms with Gasteiger partial charge in [0.05, 0.1) is 14.2 Å². The molecule has 1 N–H and O–H groups in total. The van der Waals surface area contributed by atoms with Crippen LogP contribution in [-0.4, -0.2) is 30.3 Å². The van der Waals surface area contributed by atoms with Gasteiger partial charge < -0.3 is 13.9 Å². The standard InChI is InChI=1S/C18H17N3O4/c1-11-6-4-5-7-13(11)16(22)19-18-21-20-17(25-18)12-8-9-14(23-2)15(10-12)24-3/h4-10H,1-3H3,(H,19,21,22). The number of nitrogens with zero attached hydrogens (tertiary/aromatic N) is 2. The normalized spacial score (nSPS) is 10.4. The van der Waals surface area contributed by atoms with Crippen LogP contribution in [0.15, 0.2) is 46.9 Å². The van der Waals surface area contributed by atoms with E-state index in [1.165, 1.54) is 0 Å². The third-order valence-electron chi connectivity index (χ3n) is 3.67. The fourth-order valence-electron chi connectivity index (χ4n) is 2.35. The summed E-state index contributed by atoms with van der Waals surface area (Å²) in [7, 11) is 3.10. The second-order valence-corrected chi connectivity index (χ2v) is 5.25. The predicted octanol–water partition coefficient (Wildman–Crippen LogP) is 3.31. The van der Waals surface area contributed by atoms with Gasteiger partial charge in [0.15, 0.2) is 11.5 Å². The molecule has 1 amide bonds. The van der Waals surface area contributed by atoms with Crippen LogP contribution < -0.4 is 14.8 Å². The Morgan fingerprint density at radius 2 is 1.80 bits per heavy atom. The molecule has 0 aliphatic carbocycles. The van der Waals surface area contributed by atoms with Gasteiger partial charge >= 0.3 is 6.01 Å². The van der Waals surface area contributed by atoms with Crippen LogP contribution in [0.3, 0.4) is 0 Å². The van der Waals surface area contributed by atoms with Crippen LogP contribution in [-0.2, 0) is 0 Å². The molecular formula is C18H17N3O4. The summed E-state index contributed by atoms with van der Waals surface area (Å²) in [5.74, 6) is 1.10. The van der Waals surface area contributed by atoms with E-state index in [-0.39, 0.29) is 17.8 Å². The number of hydrogen-bond donors (Lipinski definition) is 1. The maximum atomic E-state index is 12.3. The van der Waals surface area contributed by atoms with Gasteiger partial charge in [0.25, 0.3) is 5.91 Å². The van der Waals surface area contributed by atoms with Gasteiger partial charge in [-0.05, 0) is 36.8 Å². The van der Waals surface area contributed by atoms with E-state index in [0.29, 0.717) is 22.6 Å². The Hall–Kier alpha value is -3.35. The second kappa shape index (κ2) is 7.04. The van der Waals surface area contributed by atoms with Crippen LogP contribution in [0.2, 0.25) is 0 Å². The molecule has 1 heterocycles. The molecule has 0 unspecified atom stereocenters. The molecule has 0 saturated carbocycles. The first-order chi connectivity index (χ1) is 12.1. The van der Waals surface area contributed by atoms with Crippen molar-refractivity contribution in [3.63, 3.8) is 0 Å². The predicted molar refractivity (Wildman–Crippen MR) is 92.0 cm³/mol. The minimum absolute atomic E-state index is 0.0260. The number of hydrogen-bond acceptors (Lipinski definition) is 6. The van der Waals surface area contributed by atoms with Crippen LogP contribution >= 0.6 is 0 Å².